The summed E-state index contributed by atoms with van der Waals surface area (Å²) in [6.45, 7) is 0. The molecule has 0 aliphatic carbocycles. The third-order valence-corrected chi connectivity index (χ3v) is 3.98. The van der Waals surface area contributed by atoms with Gasteiger partial charge < -0.3 is 10.6 Å². The number of rotatable bonds is 3. The molecule has 0 spiro atoms. The van der Waals surface area contributed by atoms with Gasteiger partial charge in [0.05, 0.1) is 6.42 Å². The zero-order valence-electron chi connectivity index (χ0n) is 11.8. The molecular weight excluding hydrogens is 267 g/mol. The van der Waals surface area contributed by atoms with Crippen molar-refractivity contribution in [1.82, 2.24) is 0 Å². The Bertz CT molecular complexity index is 682. The maximum atomic E-state index is 12.9. The van der Waals surface area contributed by atoms with Gasteiger partial charge in [0.15, 0.2) is 0 Å². The van der Waals surface area contributed by atoms with Gasteiger partial charge >= 0.3 is 0 Å². The number of carbonyl (C=O) groups excluding carboxylic acids is 1. The number of fused-ring (bicyclic) bond motifs is 1. The molecule has 2 aromatic carbocycles. The summed E-state index contributed by atoms with van der Waals surface area (Å²) in [5, 5.41) is 0. The van der Waals surface area contributed by atoms with Crippen molar-refractivity contribution in [2.75, 3.05) is 11.9 Å². The minimum atomic E-state index is -0.244. The highest BCUT2D eigenvalue weighted by Gasteiger charge is 2.24. The van der Waals surface area contributed by atoms with Gasteiger partial charge in [-0.1, -0.05) is 24.3 Å². The average molecular weight is 284 g/mol. The number of nitrogens with zero attached hydrogens (tertiary/aromatic N) is 1. The van der Waals surface area contributed by atoms with Crippen molar-refractivity contribution in [2.24, 2.45) is 5.73 Å². The summed E-state index contributed by atoms with van der Waals surface area (Å²) in [5.41, 5.74) is 10.2. The van der Waals surface area contributed by atoms with Crippen LogP contribution in [0.25, 0.3) is 0 Å². The van der Waals surface area contributed by atoms with E-state index in [1.165, 1.54) is 12.1 Å². The Hall–Kier alpha value is -2.20. The lowest BCUT2D eigenvalue weighted by Gasteiger charge is -2.15. The predicted molar refractivity (Wildman–Crippen MR) is 80.6 cm³/mol. The summed E-state index contributed by atoms with van der Waals surface area (Å²) in [7, 11) is 1.78. The van der Waals surface area contributed by atoms with E-state index in [9.17, 15) is 9.18 Å². The lowest BCUT2D eigenvalue weighted by Crippen LogP contribution is -2.20. The Labute approximate surface area is 123 Å². The molecule has 1 heterocycles. The number of likely N-dealkylation sites (N-methyl/N-ethyl adjacent to an activating group) is 1. The number of benzene rings is 2. The van der Waals surface area contributed by atoms with Crippen molar-refractivity contribution in [2.45, 2.75) is 18.9 Å². The molecule has 1 amide bonds. The molecule has 2 N–H and O–H groups in total. The first kappa shape index (κ1) is 13.8. The zero-order chi connectivity index (χ0) is 15.0. The van der Waals surface area contributed by atoms with Gasteiger partial charge in [-0.25, -0.2) is 4.39 Å². The molecule has 2 aromatic rings. The third kappa shape index (κ3) is 2.67. The lowest BCUT2D eigenvalue weighted by atomic mass is 9.97. The fourth-order valence-electron chi connectivity index (χ4n) is 2.71. The number of hydrogen-bond donors (Lipinski definition) is 1. The Balaban J connectivity index is 1.80. The minimum absolute atomic E-state index is 0.106. The first-order chi connectivity index (χ1) is 10.0. The van der Waals surface area contributed by atoms with Gasteiger partial charge in [0.2, 0.25) is 5.91 Å². The van der Waals surface area contributed by atoms with E-state index in [-0.39, 0.29) is 17.8 Å². The summed E-state index contributed by atoms with van der Waals surface area (Å²) in [5.74, 6) is -0.138. The smallest absolute Gasteiger partial charge is 0.231 e. The summed E-state index contributed by atoms with van der Waals surface area (Å²) in [6.07, 6.45) is 1.08. The highest BCUT2D eigenvalue weighted by Crippen LogP contribution is 2.30. The van der Waals surface area contributed by atoms with Gasteiger partial charge in [-0.15, -0.1) is 0 Å². The molecule has 0 saturated carbocycles. The average Bonchev–Trinajstić information content (AvgIpc) is 2.76. The van der Waals surface area contributed by atoms with Gasteiger partial charge in [0.25, 0.3) is 0 Å². The topological polar surface area (TPSA) is 46.3 Å². The van der Waals surface area contributed by atoms with Crippen LogP contribution in [0.5, 0.6) is 0 Å². The minimum Gasteiger partial charge on any atom is -0.324 e. The van der Waals surface area contributed by atoms with E-state index in [0.717, 1.165) is 22.4 Å². The van der Waals surface area contributed by atoms with Gasteiger partial charge in [-0.05, 0) is 41.3 Å². The van der Waals surface area contributed by atoms with Crippen LogP contribution in [0.1, 0.15) is 22.7 Å². The van der Waals surface area contributed by atoms with E-state index in [0.29, 0.717) is 12.8 Å². The lowest BCUT2D eigenvalue weighted by molar-refractivity contribution is -0.117. The molecule has 108 valence electrons. The maximum Gasteiger partial charge on any atom is 0.231 e. The van der Waals surface area contributed by atoms with Gasteiger partial charge in [0, 0.05) is 18.8 Å². The zero-order valence-corrected chi connectivity index (χ0v) is 11.8. The Morgan fingerprint density at radius 2 is 1.95 bits per heavy atom. The number of amides is 1. The Morgan fingerprint density at radius 1 is 1.24 bits per heavy atom. The van der Waals surface area contributed by atoms with Crippen molar-refractivity contribution < 1.29 is 9.18 Å². The summed E-state index contributed by atoms with van der Waals surface area (Å²) < 4.78 is 12.9. The first-order valence-corrected chi connectivity index (χ1v) is 6.94. The second-order valence-corrected chi connectivity index (χ2v) is 5.45. The molecule has 0 saturated heterocycles. The van der Waals surface area contributed by atoms with Crippen LogP contribution < -0.4 is 10.6 Å². The number of carbonyl (C=O) groups is 1. The van der Waals surface area contributed by atoms with Crippen LogP contribution in [0, 0.1) is 5.82 Å². The maximum absolute atomic E-state index is 12.9. The number of halogens is 1. The molecule has 21 heavy (non-hydrogen) atoms. The number of anilines is 1. The summed E-state index contributed by atoms with van der Waals surface area (Å²) >= 11 is 0. The van der Waals surface area contributed by atoms with Crippen molar-refractivity contribution >= 4 is 11.6 Å². The van der Waals surface area contributed by atoms with Gasteiger partial charge in [0.1, 0.15) is 5.82 Å². The van der Waals surface area contributed by atoms with Crippen LogP contribution in [-0.4, -0.2) is 13.0 Å². The molecule has 0 bridgehead atoms. The SMILES string of the molecule is CN1C(=O)Cc2cc(C(N)Cc3ccc(F)cc3)ccc21. The Morgan fingerprint density at radius 3 is 2.67 bits per heavy atom. The van der Waals surface area contributed by atoms with Gasteiger partial charge in [-0.2, -0.15) is 0 Å². The molecule has 1 aliphatic heterocycles. The first-order valence-electron chi connectivity index (χ1n) is 6.94. The quantitative estimate of drug-likeness (QED) is 0.941. The predicted octanol–water partition coefficient (Wildman–Crippen LogP) is 2.59. The van der Waals surface area contributed by atoms with Crippen LogP contribution in [0.4, 0.5) is 10.1 Å². The molecule has 0 aromatic heterocycles. The van der Waals surface area contributed by atoms with Crippen LogP contribution in [0.2, 0.25) is 0 Å². The fourth-order valence-corrected chi connectivity index (χ4v) is 2.71. The molecule has 1 aliphatic rings. The van der Waals surface area contributed by atoms with Crippen LogP contribution in [0.3, 0.4) is 0 Å². The van der Waals surface area contributed by atoms with Crippen LogP contribution in [0.15, 0.2) is 42.5 Å². The second-order valence-electron chi connectivity index (χ2n) is 5.45. The molecule has 3 rings (SSSR count). The monoisotopic (exact) mass is 284 g/mol. The van der Waals surface area contributed by atoms with E-state index >= 15 is 0 Å². The van der Waals surface area contributed by atoms with Crippen molar-refractivity contribution in [3.8, 4) is 0 Å². The molecule has 4 heteroatoms. The van der Waals surface area contributed by atoms with Crippen molar-refractivity contribution in [3.05, 3.63) is 65.0 Å². The molecule has 0 fully saturated rings. The van der Waals surface area contributed by atoms with Crippen LogP contribution in [-0.2, 0) is 17.6 Å². The highest BCUT2D eigenvalue weighted by atomic mass is 19.1. The molecule has 1 unspecified atom stereocenters. The molecule has 0 radical (unpaired) electrons. The third-order valence-electron chi connectivity index (χ3n) is 3.98. The number of hydrogen-bond acceptors (Lipinski definition) is 2. The largest absolute Gasteiger partial charge is 0.324 e. The normalized spacial score (nSPS) is 15.2. The van der Waals surface area contributed by atoms with E-state index in [2.05, 4.69) is 0 Å². The van der Waals surface area contributed by atoms with Gasteiger partial charge in [-0.3, -0.25) is 4.79 Å². The summed E-state index contributed by atoms with van der Waals surface area (Å²) in [4.78, 5) is 13.4. The van der Waals surface area contributed by atoms with E-state index in [1.54, 1.807) is 24.1 Å². The highest BCUT2D eigenvalue weighted by molar-refractivity contribution is 6.00. The van der Waals surface area contributed by atoms with E-state index in [1.807, 2.05) is 18.2 Å². The Kier molecular flexibility index (Phi) is 3.47. The molecule has 1 atom stereocenters. The van der Waals surface area contributed by atoms with Crippen molar-refractivity contribution in [3.63, 3.8) is 0 Å². The standard InChI is InChI=1S/C17H17FN2O/c1-20-16-7-4-12(9-13(16)10-17(20)21)15(19)8-11-2-5-14(18)6-3-11/h2-7,9,15H,8,10,19H2,1H3. The van der Waals surface area contributed by atoms with E-state index < -0.39 is 0 Å². The summed E-state index contributed by atoms with van der Waals surface area (Å²) in [6, 6.07) is 12.1. The fraction of sp³-hybridized carbons (Fsp3) is 0.235. The molecule has 3 nitrogen and oxygen atoms in total. The molecular formula is C17H17FN2O. The number of nitrogens with two attached hydrogens (primary N) is 1. The van der Waals surface area contributed by atoms with Crippen LogP contribution >= 0.6 is 0 Å². The van der Waals surface area contributed by atoms with Crippen molar-refractivity contribution in [1.29, 1.82) is 0 Å². The van der Waals surface area contributed by atoms with E-state index in [4.69, 9.17) is 5.73 Å². The second kappa shape index (κ2) is 5.30.